The molecule has 0 N–H and O–H groups in total. The predicted molar refractivity (Wildman–Crippen MR) is 76.7 cm³/mol. The lowest BCUT2D eigenvalue weighted by Crippen LogP contribution is -2.41. The van der Waals surface area contributed by atoms with Gasteiger partial charge in [-0.15, -0.1) is 0 Å². The molecule has 0 aliphatic heterocycles. The van der Waals surface area contributed by atoms with Gasteiger partial charge in [-0.25, -0.2) is 0 Å². The van der Waals surface area contributed by atoms with E-state index in [2.05, 4.69) is 20.8 Å². The molecule has 3 aliphatic carbocycles. The third-order valence-electron chi connectivity index (χ3n) is 5.32. The number of alkyl halides is 1. The fourth-order valence-corrected chi connectivity index (χ4v) is 4.71. The summed E-state index contributed by atoms with van der Waals surface area (Å²) in [7, 11) is 0. The fourth-order valence-electron chi connectivity index (χ4n) is 4.33. The van der Waals surface area contributed by atoms with E-state index in [0.717, 1.165) is 23.7 Å². The molecule has 3 aliphatic rings. The van der Waals surface area contributed by atoms with Gasteiger partial charge in [0.25, 0.3) is 0 Å². The lowest BCUT2D eigenvalue weighted by atomic mass is 10.0. The van der Waals surface area contributed by atoms with Gasteiger partial charge in [-0.3, -0.25) is 4.79 Å². The topological polar surface area (TPSA) is 20.3 Å². The van der Waals surface area contributed by atoms with Gasteiger partial charge in [0.2, 0.25) is 5.91 Å². The van der Waals surface area contributed by atoms with Crippen molar-refractivity contribution < 1.29 is 4.79 Å². The lowest BCUT2D eigenvalue weighted by molar-refractivity contribution is -0.135. The van der Waals surface area contributed by atoms with Crippen molar-refractivity contribution in [1.29, 1.82) is 0 Å². The van der Waals surface area contributed by atoms with Crippen LogP contribution in [0.2, 0.25) is 0 Å². The molecule has 3 saturated carbocycles. The largest absolute Gasteiger partial charge is 0.339 e. The fraction of sp³-hybridized carbons (Fsp3) is 0.933. The van der Waals surface area contributed by atoms with Crippen LogP contribution in [0.1, 0.15) is 51.4 Å². The Balaban J connectivity index is 1.64. The number of hydrogen-bond donors (Lipinski definition) is 0. The van der Waals surface area contributed by atoms with Gasteiger partial charge in [-0.05, 0) is 37.5 Å². The Morgan fingerprint density at radius 3 is 2.11 bits per heavy atom. The highest BCUT2D eigenvalue weighted by atomic mass is 79.9. The summed E-state index contributed by atoms with van der Waals surface area (Å²) in [6.07, 6.45) is 10.4. The normalized spacial score (nSPS) is 35.3. The zero-order valence-electron chi connectivity index (χ0n) is 11.1. The SMILES string of the molecule is O=C(C1C2CCCCC21)N(CCBr)C1CCCC1. The zero-order chi connectivity index (χ0) is 12.5. The molecule has 2 atom stereocenters. The highest BCUT2D eigenvalue weighted by Crippen LogP contribution is 2.56. The molecule has 0 aromatic rings. The number of nitrogens with zero attached hydrogens (tertiary/aromatic N) is 1. The Bertz CT molecular complexity index is 302. The van der Waals surface area contributed by atoms with Crippen molar-refractivity contribution in [3.8, 4) is 0 Å². The van der Waals surface area contributed by atoms with E-state index < -0.39 is 0 Å². The first-order valence-electron chi connectivity index (χ1n) is 7.69. The summed E-state index contributed by atoms with van der Waals surface area (Å²) in [4.78, 5) is 15.0. The van der Waals surface area contributed by atoms with E-state index >= 15 is 0 Å². The van der Waals surface area contributed by atoms with Gasteiger partial charge in [0.05, 0.1) is 0 Å². The number of amides is 1. The van der Waals surface area contributed by atoms with E-state index in [0.29, 0.717) is 17.9 Å². The molecular weight excluding hydrogens is 290 g/mol. The predicted octanol–water partition coefficient (Wildman–Crippen LogP) is 3.59. The molecule has 0 saturated heterocycles. The minimum atomic E-state index is 0.409. The smallest absolute Gasteiger partial charge is 0.226 e. The molecule has 2 unspecified atom stereocenters. The molecule has 0 aromatic carbocycles. The second kappa shape index (κ2) is 5.52. The van der Waals surface area contributed by atoms with Gasteiger partial charge in [-0.1, -0.05) is 41.6 Å². The summed E-state index contributed by atoms with van der Waals surface area (Å²) in [5, 5.41) is 0.928. The molecule has 0 radical (unpaired) electrons. The summed E-state index contributed by atoms with van der Waals surface area (Å²) in [5.74, 6) is 2.42. The zero-order valence-corrected chi connectivity index (χ0v) is 12.7. The van der Waals surface area contributed by atoms with E-state index in [1.807, 2.05) is 0 Å². The monoisotopic (exact) mass is 313 g/mol. The summed E-state index contributed by atoms with van der Waals surface area (Å²) in [6, 6.07) is 0.553. The van der Waals surface area contributed by atoms with E-state index in [9.17, 15) is 4.79 Å². The van der Waals surface area contributed by atoms with Crippen molar-refractivity contribution in [2.45, 2.75) is 57.4 Å². The quantitative estimate of drug-likeness (QED) is 0.726. The molecule has 3 rings (SSSR count). The van der Waals surface area contributed by atoms with Crippen LogP contribution in [-0.4, -0.2) is 28.7 Å². The molecule has 0 aromatic heterocycles. The summed E-state index contributed by atoms with van der Waals surface area (Å²) in [6.45, 7) is 0.916. The van der Waals surface area contributed by atoms with Crippen molar-refractivity contribution >= 4 is 21.8 Å². The van der Waals surface area contributed by atoms with Crippen LogP contribution in [0.4, 0.5) is 0 Å². The summed E-state index contributed by atoms with van der Waals surface area (Å²) < 4.78 is 0. The molecule has 0 bridgehead atoms. The maximum atomic E-state index is 12.8. The van der Waals surface area contributed by atoms with Crippen LogP contribution in [0.3, 0.4) is 0 Å². The van der Waals surface area contributed by atoms with Gasteiger partial charge in [0.1, 0.15) is 0 Å². The van der Waals surface area contributed by atoms with Gasteiger partial charge in [-0.2, -0.15) is 0 Å². The van der Waals surface area contributed by atoms with Gasteiger partial charge in [0, 0.05) is 23.8 Å². The Labute approximate surface area is 119 Å². The Morgan fingerprint density at radius 2 is 1.56 bits per heavy atom. The average molecular weight is 314 g/mol. The van der Waals surface area contributed by atoms with E-state index in [1.54, 1.807) is 0 Å². The van der Waals surface area contributed by atoms with Gasteiger partial charge in [0.15, 0.2) is 0 Å². The number of fused-ring (bicyclic) bond motifs is 1. The van der Waals surface area contributed by atoms with Crippen molar-refractivity contribution in [3.63, 3.8) is 0 Å². The number of rotatable bonds is 4. The molecule has 102 valence electrons. The van der Waals surface area contributed by atoms with E-state index in [4.69, 9.17) is 0 Å². The number of halogens is 1. The van der Waals surface area contributed by atoms with Crippen LogP contribution in [0, 0.1) is 17.8 Å². The standard InChI is InChI=1S/C15H24BrNO/c16-9-10-17(11-5-1-2-6-11)15(18)14-12-7-3-4-8-13(12)14/h11-14H,1-10H2. The van der Waals surface area contributed by atoms with Crippen molar-refractivity contribution in [2.75, 3.05) is 11.9 Å². The molecule has 2 nitrogen and oxygen atoms in total. The number of carbonyl (C=O) groups excluding carboxylic acids is 1. The van der Waals surface area contributed by atoms with Crippen LogP contribution in [0.15, 0.2) is 0 Å². The number of hydrogen-bond acceptors (Lipinski definition) is 1. The second-order valence-corrected chi connectivity index (χ2v) is 7.09. The summed E-state index contributed by atoms with van der Waals surface area (Å²) in [5.41, 5.74) is 0. The Kier molecular flexibility index (Phi) is 3.97. The maximum Gasteiger partial charge on any atom is 0.226 e. The van der Waals surface area contributed by atoms with E-state index in [-0.39, 0.29) is 0 Å². The molecule has 3 heteroatoms. The van der Waals surface area contributed by atoms with Gasteiger partial charge >= 0.3 is 0 Å². The molecule has 18 heavy (non-hydrogen) atoms. The summed E-state index contributed by atoms with van der Waals surface area (Å²) >= 11 is 3.52. The Hall–Kier alpha value is -0.0500. The maximum absolute atomic E-state index is 12.8. The minimum absolute atomic E-state index is 0.409. The number of carbonyl (C=O) groups is 1. The first kappa shape index (κ1) is 13.0. The van der Waals surface area contributed by atoms with Crippen LogP contribution < -0.4 is 0 Å². The second-order valence-electron chi connectivity index (χ2n) is 6.30. The van der Waals surface area contributed by atoms with Crippen molar-refractivity contribution in [3.05, 3.63) is 0 Å². The first-order chi connectivity index (χ1) is 8.83. The first-order valence-corrected chi connectivity index (χ1v) is 8.81. The Morgan fingerprint density at radius 1 is 1.00 bits per heavy atom. The third kappa shape index (κ3) is 2.35. The highest BCUT2D eigenvalue weighted by Gasteiger charge is 2.56. The van der Waals surface area contributed by atoms with Crippen molar-refractivity contribution in [2.24, 2.45) is 17.8 Å². The van der Waals surface area contributed by atoms with Crippen LogP contribution >= 0.6 is 15.9 Å². The molecule has 0 spiro atoms. The van der Waals surface area contributed by atoms with Crippen LogP contribution in [0.25, 0.3) is 0 Å². The van der Waals surface area contributed by atoms with Gasteiger partial charge < -0.3 is 4.90 Å². The molecule has 0 heterocycles. The molecule has 3 fully saturated rings. The average Bonchev–Trinajstić information content (AvgIpc) is 2.87. The van der Waals surface area contributed by atoms with Crippen LogP contribution in [0.5, 0.6) is 0 Å². The molecular formula is C15H24BrNO. The third-order valence-corrected chi connectivity index (χ3v) is 5.67. The van der Waals surface area contributed by atoms with Crippen molar-refractivity contribution in [1.82, 2.24) is 4.90 Å². The minimum Gasteiger partial charge on any atom is -0.339 e. The van der Waals surface area contributed by atoms with Crippen LogP contribution in [-0.2, 0) is 4.79 Å². The molecule has 1 amide bonds. The lowest BCUT2D eigenvalue weighted by Gasteiger charge is -2.29. The highest BCUT2D eigenvalue weighted by molar-refractivity contribution is 9.09. The van der Waals surface area contributed by atoms with E-state index in [1.165, 1.54) is 51.4 Å².